The predicted octanol–water partition coefficient (Wildman–Crippen LogP) is 3.79. The molecule has 0 spiro atoms. The van der Waals surface area contributed by atoms with Crippen LogP contribution in [0.25, 0.3) is 0 Å². The summed E-state index contributed by atoms with van der Waals surface area (Å²) in [5, 5.41) is 5.47. The Kier molecular flexibility index (Phi) is 6.54. The highest BCUT2D eigenvalue weighted by molar-refractivity contribution is 6.05. The van der Waals surface area contributed by atoms with E-state index in [0.29, 0.717) is 22.4 Å². The Morgan fingerprint density at radius 1 is 0.833 bits per heavy atom. The van der Waals surface area contributed by atoms with Gasteiger partial charge in [0.1, 0.15) is 5.82 Å². The molecule has 152 valence electrons. The molecule has 0 aliphatic rings. The molecule has 0 bridgehead atoms. The van der Waals surface area contributed by atoms with Crippen molar-refractivity contribution < 1.29 is 23.5 Å². The van der Waals surface area contributed by atoms with Gasteiger partial charge in [-0.1, -0.05) is 18.2 Å². The number of anilines is 1. The number of hydrogen-bond donors (Lipinski definition) is 2. The SMILES string of the molecule is COC(=O)c1ccc(CNC(=O)c2cccc(NC(=O)c3ccc(F)cc3)c2)cc1. The number of hydrogen-bond acceptors (Lipinski definition) is 4. The van der Waals surface area contributed by atoms with E-state index < -0.39 is 17.7 Å². The van der Waals surface area contributed by atoms with Crippen molar-refractivity contribution in [2.24, 2.45) is 0 Å². The molecule has 0 atom stereocenters. The molecule has 0 saturated heterocycles. The van der Waals surface area contributed by atoms with E-state index >= 15 is 0 Å². The van der Waals surface area contributed by atoms with Crippen LogP contribution in [0.2, 0.25) is 0 Å². The lowest BCUT2D eigenvalue weighted by Crippen LogP contribution is -2.23. The zero-order valence-corrected chi connectivity index (χ0v) is 16.1. The van der Waals surface area contributed by atoms with Gasteiger partial charge >= 0.3 is 5.97 Å². The van der Waals surface area contributed by atoms with Crippen molar-refractivity contribution in [2.45, 2.75) is 6.54 Å². The number of nitrogens with one attached hydrogen (secondary N) is 2. The smallest absolute Gasteiger partial charge is 0.337 e. The molecule has 3 rings (SSSR count). The zero-order valence-electron chi connectivity index (χ0n) is 16.1. The van der Waals surface area contributed by atoms with Gasteiger partial charge in [0, 0.05) is 23.4 Å². The Morgan fingerprint density at radius 3 is 2.17 bits per heavy atom. The van der Waals surface area contributed by atoms with Crippen molar-refractivity contribution in [2.75, 3.05) is 12.4 Å². The number of ether oxygens (including phenoxy) is 1. The van der Waals surface area contributed by atoms with E-state index in [1.165, 1.54) is 31.4 Å². The molecule has 0 heterocycles. The van der Waals surface area contributed by atoms with Crippen molar-refractivity contribution in [1.29, 1.82) is 0 Å². The number of methoxy groups -OCH3 is 1. The van der Waals surface area contributed by atoms with E-state index in [1.54, 1.807) is 48.5 Å². The Bertz CT molecular complexity index is 1060. The molecule has 3 aromatic carbocycles. The summed E-state index contributed by atoms with van der Waals surface area (Å²) in [4.78, 5) is 36.1. The number of carbonyl (C=O) groups is 3. The van der Waals surface area contributed by atoms with Crippen molar-refractivity contribution in [3.05, 3.63) is 101 Å². The number of amides is 2. The standard InChI is InChI=1S/C23H19FN2O4/c1-30-23(29)17-7-5-15(6-8-17)14-25-21(27)18-3-2-4-20(13-18)26-22(28)16-9-11-19(24)12-10-16/h2-13H,14H2,1H3,(H,25,27)(H,26,28). The molecule has 0 aromatic heterocycles. The minimum absolute atomic E-state index is 0.270. The Labute approximate surface area is 172 Å². The van der Waals surface area contributed by atoms with E-state index in [1.807, 2.05) is 0 Å². The topological polar surface area (TPSA) is 84.5 Å². The first-order valence-corrected chi connectivity index (χ1v) is 9.08. The number of halogens is 1. The Hall–Kier alpha value is -4.00. The molecule has 2 amide bonds. The highest BCUT2D eigenvalue weighted by Crippen LogP contribution is 2.13. The first-order valence-electron chi connectivity index (χ1n) is 9.08. The van der Waals surface area contributed by atoms with Crippen LogP contribution in [0.4, 0.5) is 10.1 Å². The molecule has 30 heavy (non-hydrogen) atoms. The van der Waals surface area contributed by atoms with Gasteiger partial charge in [0.25, 0.3) is 11.8 Å². The van der Waals surface area contributed by atoms with Gasteiger partial charge in [-0.15, -0.1) is 0 Å². The van der Waals surface area contributed by atoms with Gasteiger partial charge in [-0.25, -0.2) is 9.18 Å². The van der Waals surface area contributed by atoms with Crippen LogP contribution in [0.15, 0.2) is 72.8 Å². The summed E-state index contributed by atoms with van der Waals surface area (Å²) >= 11 is 0. The Balaban J connectivity index is 1.60. The van der Waals surface area contributed by atoms with Crippen LogP contribution in [0.1, 0.15) is 36.6 Å². The van der Waals surface area contributed by atoms with Crippen molar-refractivity contribution in [3.8, 4) is 0 Å². The highest BCUT2D eigenvalue weighted by atomic mass is 19.1. The molecule has 0 fully saturated rings. The van der Waals surface area contributed by atoms with Crippen LogP contribution in [-0.2, 0) is 11.3 Å². The average Bonchev–Trinajstić information content (AvgIpc) is 2.78. The molecule has 0 radical (unpaired) electrons. The van der Waals surface area contributed by atoms with Crippen molar-refractivity contribution in [3.63, 3.8) is 0 Å². The third-order valence-corrected chi connectivity index (χ3v) is 4.32. The second-order valence-electron chi connectivity index (χ2n) is 6.41. The second kappa shape index (κ2) is 9.47. The van der Waals surface area contributed by atoms with Gasteiger partial charge in [-0.2, -0.15) is 0 Å². The molecule has 0 unspecified atom stereocenters. The number of rotatable bonds is 6. The zero-order chi connectivity index (χ0) is 21.5. The van der Waals surface area contributed by atoms with Gasteiger partial charge < -0.3 is 15.4 Å². The summed E-state index contributed by atoms with van der Waals surface area (Å²) in [6.07, 6.45) is 0. The second-order valence-corrected chi connectivity index (χ2v) is 6.41. The molecule has 0 aliphatic carbocycles. The molecule has 7 heteroatoms. The highest BCUT2D eigenvalue weighted by Gasteiger charge is 2.10. The monoisotopic (exact) mass is 406 g/mol. The summed E-state index contributed by atoms with van der Waals surface area (Å²) in [5.74, 6) is -1.57. The summed E-state index contributed by atoms with van der Waals surface area (Å²) in [5.41, 5.74) is 2.37. The molecule has 3 aromatic rings. The Morgan fingerprint density at radius 2 is 1.50 bits per heavy atom. The van der Waals surface area contributed by atoms with Crippen LogP contribution >= 0.6 is 0 Å². The third-order valence-electron chi connectivity index (χ3n) is 4.32. The summed E-state index contributed by atoms with van der Waals surface area (Å²) in [6, 6.07) is 18.4. The van der Waals surface area contributed by atoms with Gasteiger partial charge in [0.05, 0.1) is 12.7 Å². The molecule has 6 nitrogen and oxygen atoms in total. The number of esters is 1. The van der Waals surface area contributed by atoms with Crippen molar-refractivity contribution in [1.82, 2.24) is 5.32 Å². The average molecular weight is 406 g/mol. The van der Waals surface area contributed by atoms with E-state index in [2.05, 4.69) is 15.4 Å². The summed E-state index contributed by atoms with van der Waals surface area (Å²) in [6.45, 7) is 0.270. The first-order chi connectivity index (χ1) is 14.5. The fourth-order valence-electron chi connectivity index (χ4n) is 2.70. The molecule has 0 saturated carbocycles. The summed E-state index contributed by atoms with van der Waals surface area (Å²) < 4.78 is 17.6. The van der Waals surface area contributed by atoms with Crippen LogP contribution in [0, 0.1) is 5.82 Å². The first kappa shape index (κ1) is 20.7. The quantitative estimate of drug-likeness (QED) is 0.610. The minimum atomic E-state index is -0.426. The van der Waals surface area contributed by atoms with Crippen LogP contribution in [-0.4, -0.2) is 24.9 Å². The van der Waals surface area contributed by atoms with Gasteiger partial charge in [0.2, 0.25) is 0 Å². The summed E-state index contributed by atoms with van der Waals surface area (Å²) in [7, 11) is 1.31. The minimum Gasteiger partial charge on any atom is -0.465 e. The lowest BCUT2D eigenvalue weighted by atomic mass is 10.1. The van der Waals surface area contributed by atoms with Crippen LogP contribution < -0.4 is 10.6 Å². The molecular formula is C23H19FN2O4. The van der Waals surface area contributed by atoms with Gasteiger partial charge in [0.15, 0.2) is 0 Å². The maximum absolute atomic E-state index is 13.0. The lowest BCUT2D eigenvalue weighted by Gasteiger charge is -2.09. The van der Waals surface area contributed by atoms with E-state index in [-0.39, 0.29) is 12.5 Å². The fraction of sp³-hybridized carbons (Fsp3) is 0.0870. The maximum Gasteiger partial charge on any atom is 0.337 e. The van der Waals surface area contributed by atoms with Gasteiger partial charge in [-0.05, 0) is 60.2 Å². The molecule has 0 aliphatic heterocycles. The number of benzene rings is 3. The van der Waals surface area contributed by atoms with E-state index in [0.717, 1.165) is 5.56 Å². The van der Waals surface area contributed by atoms with Crippen molar-refractivity contribution >= 4 is 23.5 Å². The predicted molar refractivity (Wildman–Crippen MR) is 110 cm³/mol. The molecular weight excluding hydrogens is 387 g/mol. The lowest BCUT2D eigenvalue weighted by molar-refractivity contribution is 0.0600. The third kappa shape index (κ3) is 5.29. The normalized spacial score (nSPS) is 10.2. The van der Waals surface area contributed by atoms with E-state index in [9.17, 15) is 18.8 Å². The van der Waals surface area contributed by atoms with Gasteiger partial charge in [-0.3, -0.25) is 9.59 Å². The molecule has 2 N–H and O–H groups in total. The maximum atomic E-state index is 13.0. The van der Waals surface area contributed by atoms with E-state index in [4.69, 9.17) is 0 Å². The fourth-order valence-corrected chi connectivity index (χ4v) is 2.70. The largest absolute Gasteiger partial charge is 0.465 e. The van der Waals surface area contributed by atoms with Crippen LogP contribution in [0.3, 0.4) is 0 Å². The van der Waals surface area contributed by atoms with Crippen LogP contribution in [0.5, 0.6) is 0 Å². The number of carbonyl (C=O) groups excluding carboxylic acids is 3.